The highest BCUT2D eigenvalue weighted by Gasteiger charge is 2.14. The summed E-state index contributed by atoms with van der Waals surface area (Å²) in [6.07, 6.45) is 30.2. The number of aliphatic hydroxyl groups is 1. The molecule has 0 aromatic rings. The van der Waals surface area contributed by atoms with Crippen molar-refractivity contribution in [1.82, 2.24) is 4.90 Å². The normalized spacial score (nSPS) is 11.5. The van der Waals surface area contributed by atoms with Crippen molar-refractivity contribution >= 4 is 11.9 Å². The molecule has 262 valence electrons. The van der Waals surface area contributed by atoms with Crippen LogP contribution in [0.15, 0.2) is 0 Å². The second-order valence-corrected chi connectivity index (χ2v) is 13.0. The molecule has 0 heterocycles. The largest absolute Gasteiger partial charge is 0.466 e. The van der Waals surface area contributed by atoms with E-state index in [-0.39, 0.29) is 24.6 Å². The first-order valence-electron chi connectivity index (χ1n) is 19.3. The summed E-state index contributed by atoms with van der Waals surface area (Å²) in [4.78, 5) is 26.8. The van der Waals surface area contributed by atoms with Gasteiger partial charge in [-0.25, -0.2) is 0 Å². The van der Waals surface area contributed by atoms with Crippen molar-refractivity contribution in [2.24, 2.45) is 0 Å². The monoisotopic (exact) mass is 626 g/mol. The molecule has 0 fully saturated rings. The van der Waals surface area contributed by atoms with E-state index in [0.29, 0.717) is 26.0 Å². The molecule has 44 heavy (non-hydrogen) atoms. The number of unbranched alkanes of at least 4 members (excludes halogenated alkanes) is 18. The molecule has 0 atom stereocenters. The van der Waals surface area contributed by atoms with Crippen LogP contribution in [0.1, 0.15) is 194 Å². The Morgan fingerprint density at radius 3 is 1.50 bits per heavy atom. The fourth-order valence-corrected chi connectivity index (χ4v) is 5.82. The molecule has 0 amide bonds. The highest BCUT2D eigenvalue weighted by atomic mass is 16.5. The minimum atomic E-state index is -0.0669. The van der Waals surface area contributed by atoms with Gasteiger partial charge in [0.2, 0.25) is 0 Å². The van der Waals surface area contributed by atoms with Gasteiger partial charge < -0.3 is 19.5 Å². The number of carbonyl (C=O) groups is 2. The lowest BCUT2D eigenvalue weighted by molar-refractivity contribution is -0.150. The Morgan fingerprint density at radius 2 is 0.955 bits per heavy atom. The van der Waals surface area contributed by atoms with Gasteiger partial charge in [-0.3, -0.25) is 9.59 Å². The molecule has 0 radical (unpaired) electrons. The summed E-state index contributed by atoms with van der Waals surface area (Å²) in [6, 6.07) is 0. The molecule has 0 aliphatic carbocycles. The average Bonchev–Trinajstić information content (AvgIpc) is 3.01. The quantitative estimate of drug-likeness (QED) is 0.0558. The Kier molecular flexibility index (Phi) is 33.8. The third-order valence-electron chi connectivity index (χ3n) is 8.70. The Balaban J connectivity index is 4.05. The second kappa shape index (κ2) is 34.7. The van der Waals surface area contributed by atoms with E-state index in [1.165, 1.54) is 77.0 Å². The van der Waals surface area contributed by atoms with Gasteiger partial charge in [-0.15, -0.1) is 0 Å². The van der Waals surface area contributed by atoms with E-state index >= 15 is 0 Å². The molecule has 6 heteroatoms. The standard InChI is InChI=1S/C38H75NO5/c1-4-7-10-12-15-20-27-36(28-21-16-13-11-8-5-2)44-38(42)30-22-17-14-18-24-31-39(33-34-40)32-25-19-23-29-37(41)43-35-26-9-6-3/h36,40H,4-35H2,1-3H3. The zero-order valence-electron chi connectivity index (χ0n) is 29.7. The average molecular weight is 626 g/mol. The number of carbonyl (C=O) groups excluding carboxylic acids is 2. The van der Waals surface area contributed by atoms with E-state index in [2.05, 4.69) is 25.7 Å². The molecule has 6 nitrogen and oxygen atoms in total. The summed E-state index contributed by atoms with van der Waals surface area (Å²) in [7, 11) is 0. The predicted molar refractivity (Wildman–Crippen MR) is 186 cm³/mol. The first-order chi connectivity index (χ1) is 21.6. The van der Waals surface area contributed by atoms with Crippen LogP contribution in [0.25, 0.3) is 0 Å². The molecule has 0 saturated carbocycles. The highest BCUT2D eigenvalue weighted by Crippen LogP contribution is 2.18. The predicted octanol–water partition coefficient (Wildman–Crippen LogP) is 10.3. The third-order valence-corrected chi connectivity index (χ3v) is 8.70. The number of hydrogen-bond donors (Lipinski definition) is 1. The number of aliphatic hydroxyl groups excluding tert-OH is 1. The van der Waals surface area contributed by atoms with Gasteiger partial charge in [0.25, 0.3) is 0 Å². The number of ether oxygens (including phenoxy) is 2. The van der Waals surface area contributed by atoms with E-state index in [1.54, 1.807) is 0 Å². The fraction of sp³-hybridized carbons (Fsp3) is 0.947. The summed E-state index contributed by atoms with van der Waals surface area (Å²) < 4.78 is 11.3. The maximum atomic E-state index is 12.6. The smallest absolute Gasteiger partial charge is 0.306 e. The first-order valence-corrected chi connectivity index (χ1v) is 19.3. The van der Waals surface area contributed by atoms with Crippen LogP contribution in [0, 0.1) is 0 Å². The molecular weight excluding hydrogens is 550 g/mol. The molecule has 0 bridgehead atoms. The molecule has 0 unspecified atom stereocenters. The molecular formula is C38H75NO5. The lowest BCUT2D eigenvalue weighted by Crippen LogP contribution is -2.29. The van der Waals surface area contributed by atoms with E-state index < -0.39 is 0 Å². The van der Waals surface area contributed by atoms with Crippen LogP contribution < -0.4 is 0 Å². The van der Waals surface area contributed by atoms with Gasteiger partial charge in [-0.2, -0.15) is 0 Å². The summed E-state index contributed by atoms with van der Waals surface area (Å²) in [5, 5.41) is 9.46. The van der Waals surface area contributed by atoms with Gasteiger partial charge in [0, 0.05) is 19.4 Å². The van der Waals surface area contributed by atoms with Gasteiger partial charge in [-0.1, -0.05) is 124 Å². The maximum absolute atomic E-state index is 12.6. The zero-order chi connectivity index (χ0) is 32.4. The van der Waals surface area contributed by atoms with Crippen molar-refractivity contribution in [3.8, 4) is 0 Å². The molecule has 1 N–H and O–H groups in total. The lowest BCUT2D eigenvalue weighted by atomic mass is 10.0. The molecule has 0 aliphatic heterocycles. The Morgan fingerprint density at radius 1 is 0.523 bits per heavy atom. The molecule has 0 aliphatic rings. The summed E-state index contributed by atoms with van der Waals surface area (Å²) in [6.45, 7) is 10.1. The van der Waals surface area contributed by atoms with Crippen molar-refractivity contribution in [2.75, 3.05) is 32.8 Å². The number of nitrogens with zero attached hydrogens (tertiary/aromatic N) is 1. The Hall–Kier alpha value is -1.14. The van der Waals surface area contributed by atoms with Crippen LogP contribution >= 0.6 is 0 Å². The Labute approximate surface area is 273 Å². The maximum Gasteiger partial charge on any atom is 0.306 e. The van der Waals surface area contributed by atoms with Crippen molar-refractivity contribution in [3.05, 3.63) is 0 Å². The first kappa shape index (κ1) is 42.9. The summed E-state index contributed by atoms with van der Waals surface area (Å²) in [5.41, 5.74) is 0. The van der Waals surface area contributed by atoms with E-state index in [9.17, 15) is 14.7 Å². The van der Waals surface area contributed by atoms with Crippen LogP contribution in [0.5, 0.6) is 0 Å². The molecule has 0 aromatic carbocycles. The van der Waals surface area contributed by atoms with Gasteiger partial charge in [0.05, 0.1) is 13.2 Å². The molecule has 0 rings (SSSR count). The van der Waals surface area contributed by atoms with Crippen LogP contribution in [0.3, 0.4) is 0 Å². The fourth-order valence-electron chi connectivity index (χ4n) is 5.82. The van der Waals surface area contributed by atoms with Crippen molar-refractivity contribution in [3.63, 3.8) is 0 Å². The lowest BCUT2D eigenvalue weighted by Gasteiger charge is -2.21. The highest BCUT2D eigenvalue weighted by molar-refractivity contribution is 5.69. The van der Waals surface area contributed by atoms with E-state index in [1.807, 2.05) is 0 Å². The molecule has 0 saturated heterocycles. The van der Waals surface area contributed by atoms with Crippen molar-refractivity contribution in [2.45, 2.75) is 200 Å². The van der Waals surface area contributed by atoms with Crippen LogP contribution in [0.4, 0.5) is 0 Å². The molecule has 0 spiro atoms. The zero-order valence-corrected chi connectivity index (χ0v) is 29.7. The van der Waals surface area contributed by atoms with Crippen LogP contribution in [-0.2, 0) is 19.1 Å². The van der Waals surface area contributed by atoms with Gasteiger partial charge >= 0.3 is 11.9 Å². The van der Waals surface area contributed by atoms with E-state index in [4.69, 9.17) is 9.47 Å². The third kappa shape index (κ3) is 30.9. The van der Waals surface area contributed by atoms with Gasteiger partial charge in [0.15, 0.2) is 0 Å². The van der Waals surface area contributed by atoms with Gasteiger partial charge in [0.1, 0.15) is 6.10 Å². The molecule has 0 aromatic heterocycles. The number of rotatable bonds is 35. The number of hydrogen-bond acceptors (Lipinski definition) is 6. The summed E-state index contributed by atoms with van der Waals surface area (Å²) in [5.74, 6) is -0.0615. The topological polar surface area (TPSA) is 76.1 Å². The number of esters is 2. The van der Waals surface area contributed by atoms with Gasteiger partial charge in [-0.05, 0) is 70.9 Å². The minimum absolute atomic E-state index is 0.00541. The van der Waals surface area contributed by atoms with Crippen molar-refractivity contribution < 1.29 is 24.2 Å². The SMILES string of the molecule is CCCCCCCCC(CCCCCCCC)OC(=O)CCCCCCCN(CCO)CCCCCC(=O)OCCCCC. The van der Waals surface area contributed by atoms with Crippen LogP contribution in [0.2, 0.25) is 0 Å². The van der Waals surface area contributed by atoms with Crippen LogP contribution in [-0.4, -0.2) is 60.9 Å². The summed E-state index contributed by atoms with van der Waals surface area (Å²) >= 11 is 0. The minimum Gasteiger partial charge on any atom is -0.466 e. The second-order valence-electron chi connectivity index (χ2n) is 13.0. The van der Waals surface area contributed by atoms with E-state index in [0.717, 1.165) is 96.6 Å². The Bertz CT molecular complexity index is 598. The van der Waals surface area contributed by atoms with Crippen molar-refractivity contribution in [1.29, 1.82) is 0 Å².